The summed E-state index contributed by atoms with van der Waals surface area (Å²) >= 11 is 1.51. The Labute approximate surface area is 115 Å². The maximum absolute atomic E-state index is 11.6. The summed E-state index contributed by atoms with van der Waals surface area (Å²) in [6, 6.07) is 6.88. The van der Waals surface area contributed by atoms with Gasteiger partial charge in [0, 0.05) is 12.0 Å². The zero-order valence-corrected chi connectivity index (χ0v) is 11.5. The highest BCUT2D eigenvalue weighted by Gasteiger charge is 2.17. The fourth-order valence-corrected chi connectivity index (χ4v) is 1.92. The van der Waals surface area contributed by atoms with Crippen LogP contribution in [-0.4, -0.2) is 43.1 Å². The third-order valence-electron chi connectivity index (χ3n) is 2.36. The van der Waals surface area contributed by atoms with Gasteiger partial charge in [-0.05, 0) is 18.4 Å². The number of rotatable bonds is 6. The smallest absolute Gasteiger partial charge is 0.334 e. The number of carboxylic acid groups (broad SMARTS) is 1. The number of carbonyl (C=O) groups excluding carboxylic acids is 1. The van der Waals surface area contributed by atoms with Crippen LogP contribution in [0.3, 0.4) is 0 Å². The predicted octanol–water partition coefficient (Wildman–Crippen LogP) is 1.63. The largest absolute Gasteiger partial charge is 0.479 e. The first-order chi connectivity index (χ1) is 9.08. The number of benzene rings is 1. The molecule has 0 spiro atoms. The summed E-state index contributed by atoms with van der Waals surface area (Å²) in [7, 11) is 1.28. The lowest BCUT2D eigenvalue weighted by Gasteiger charge is -2.13. The summed E-state index contributed by atoms with van der Waals surface area (Å²) in [5, 5.41) is 13.9. The van der Waals surface area contributed by atoms with E-state index in [4.69, 9.17) is 9.84 Å². The standard InChI is InChI=1S/C12H16N2O4S/c1-18-9(11(15)16)7-13-12(17)14-8-5-3-4-6-10(8)19-2/h3-6,9H,7H2,1-2H3,(H,15,16)(H2,13,14,17). The third-order valence-corrected chi connectivity index (χ3v) is 3.16. The second-order valence-electron chi connectivity index (χ2n) is 3.60. The molecular formula is C12H16N2O4S. The fraction of sp³-hybridized carbons (Fsp3) is 0.333. The summed E-state index contributed by atoms with van der Waals surface area (Å²) in [6.07, 6.45) is 0.852. The van der Waals surface area contributed by atoms with Crippen molar-refractivity contribution in [2.45, 2.75) is 11.0 Å². The van der Waals surface area contributed by atoms with Crippen LogP contribution in [0, 0.1) is 0 Å². The van der Waals surface area contributed by atoms with Gasteiger partial charge in [0.2, 0.25) is 0 Å². The molecule has 7 heteroatoms. The third kappa shape index (κ3) is 4.80. The number of methoxy groups -OCH3 is 1. The number of urea groups is 1. The Hall–Kier alpha value is -1.73. The summed E-state index contributed by atoms with van der Waals surface area (Å²) in [6.45, 7) is -0.0981. The van der Waals surface area contributed by atoms with Gasteiger partial charge in [-0.25, -0.2) is 9.59 Å². The highest BCUT2D eigenvalue weighted by atomic mass is 32.2. The van der Waals surface area contributed by atoms with Crippen LogP contribution in [0.5, 0.6) is 0 Å². The summed E-state index contributed by atoms with van der Waals surface area (Å²) in [4.78, 5) is 23.3. The molecule has 1 rings (SSSR count). The lowest BCUT2D eigenvalue weighted by atomic mass is 10.3. The van der Waals surface area contributed by atoms with E-state index in [1.807, 2.05) is 24.5 Å². The first kappa shape index (κ1) is 15.3. The van der Waals surface area contributed by atoms with Gasteiger partial charge < -0.3 is 20.5 Å². The number of anilines is 1. The molecule has 1 aromatic carbocycles. The van der Waals surface area contributed by atoms with Crippen molar-refractivity contribution in [1.29, 1.82) is 0 Å². The van der Waals surface area contributed by atoms with Gasteiger partial charge in [-0.2, -0.15) is 0 Å². The highest BCUT2D eigenvalue weighted by molar-refractivity contribution is 7.98. The predicted molar refractivity (Wildman–Crippen MR) is 73.7 cm³/mol. The van der Waals surface area contributed by atoms with Crippen LogP contribution >= 0.6 is 11.8 Å². The van der Waals surface area contributed by atoms with Crippen molar-refractivity contribution >= 4 is 29.4 Å². The van der Waals surface area contributed by atoms with Crippen LogP contribution < -0.4 is 10.6 Å². The van der Waals surface area contributed by atoms with Crippen molar-refractivity contribution < 1.29 is 19.4 Å². The van der Waals surface area contributed by atoms with Crippen molar-refractivity contribution in [1.82, 2.24) is 5.32 Å². The maximum Gasteiger partial charge on any atom is 0.334 e. The molecule has 6 nitrogen and oxygen atoms in total. The quantitative estimate of drug-likeness (QED) is 0.691. The van der Waals surface area contributed by atoms with E-state index < -0.39 is 18.1 Å². The summed E-state index contributed by atoms with van der Waals surface area (Å²) in [5.41, 5.74) is 0.678. The first-order valence-corrected chi connectivity index (χ1v) is 6.74. The van der Waals surface area contributed by atoms with Crippen molar-refractivity contribution in [2.75, 3.05) is 25.2 Å². The zero-order chi connectivity index (χ0) is 14.3. The molecule has 0 aromatic heterocycles. The van der Waals surface area contributed by atoms with Crippen LogP contribution in [0.1, 0.15) is 0 Å². The second-order valence-corrected chi connectivity index (χ2v) is 4.45. The van der Waals surface area contributed by atoms with Crippen molar-refractivity contribution in [3.8, 4) is 0 Å². The van der Waals surface area contributed by atoms with E-state index in [1.165, 1.54) is 18.9 Å². The van der Waals surface area contributed by atoms with Gasteiger partial charge in [0.25, 0.3) is 0 Å². The molecule has 0 fully saturated rings. The Balaban J connectivity index is 2.53. The van der Waals surface area contributed by atoms with Crippen LogP contribution in [-0.2, 0) is 9.53 Å². The van der Waals surface area contributed by atoms with E-state index in [2.05, 4.69) is 10.6 Å². The average molecular weight is 284 g/mol. The van der Waals surface area contributed by atoms with Gasteiger partial charge >= 0.3 is 12.0 Å². The number of amides is 2. The molecule has 1 aromatic rings. The number of thioether (sulfide) groups is 1. The van der Waals surface area contributed by atoms with Crippen LogP contribution in [0.15, 0.2) is 29.2 Å². The number of hydrogen-bond donors (Lipinski definition) is 3. The van der Waals surface area contributed by atoms with Crippen molar-refractivity contribution in [3.05, 3.63) is 24.3 Å². The lowest BCUT2D eigenvalue weighted by molar-refractivity contribution is -0.147. The van der Waals surface area contributed by atoms with E-state index in [-0.39, 0.29) is 6.54 Å². The van der Waals surface area contributed by atoms with Gasteiger partial charge in [0.1, 0.15) is 0 Å². The number of ether oxygens (including phenoxy) is 1. The number of carboxylic acids is 1. The molecule has 0 bridgehead atoms. The van der Waals surface area contributed by atoms with E-state index in [0.29, 0.717) is 5.69 Å². The Morgan fingerprint density at radius 3 is 2.68 bits per heavy atom. The molecule has 0 saturated carbocycles. The fourth-order valence-electron chi connectivity index (χ4n) is 1.37. The van der Waals surface area contributed by atoms with E-state index in [0.717, 1.165) is 4.90 Å². The van der Waals surface area contributed by atoms with Gasteiger partial charge in [-0.3, -0.25) is 0 Å². The monoisotopic (exact) mass is 284 g/mol. The SMILES string of the molecule is COC(CNC(=O)Nc1ccccc1SC)C(=O)O. The molecule has 0 aliphatic heterocycles. The van der Waals surface area contributed by atoms with Crippen molar-refractivity contribution in [2.24, 2.45) is 0 Å². The average Bonchev–Trinajstić information content (AvgIpc) is 2.39. The molecule has 0 heterocycles. The van der Waals surface area contributed by atoms with Crippen LogP contribution in [0.2, 0.25) is 0 Å². The molecule has 104 valence electrons. The lowest BCUT2D eigenvalue weighted by Crippen LogP contribution is -2.39. The molecule has 0 radical (unpaired) electrons. The number of nitrogens with one attached hydrogen (secondary N) is 2. The number of carbonyl (C=O) groups is 2. The minimum atomic E-state index is -1.12. The van der Waals surface area contributed by atoms with Gasteiger partial charge in [-0.15, -0.1) is 11.8 Å². The minimum Gasteiger partial charge on any atom is -0.479 e. The zero-order valence-electron chi connectivity index (χ0n) is 10.7. The number of para-hydroxylation sites is 1. The first-order valence-electron chi connectivity index (χ1n) is 5.52. The molecule has 2 amide bonds. The van der Waals surface area contributed by atoms with Crippen LogP contribution in [0.4, 0.5) is 10.5 Å². The Bertz CT molecular complexity index is 453. The van der Waals surface area contributed by atoms with Gasteiger partial charge in [-0.1, -0.05) is 12.1 Å². The molecule has 19 heavy (non-hydrogen) atoms. The summed E-state index contributed by atoms with van der Waals surface area (Å²) < 4.78 is 4.71. The molecule has 0 saturated heterocycles. The molecule has 1 atom stereocenters. The normalized spacial score (nSPS) is 11.7. The minimum absolute atomic E-state index is 0.0981. The number of hydrogen-bond acceptors (Lipinski definition) is 4. The Morgan fingerprint density at radius 2 is 2.11 bits per heavy atom. The number of aliphatic carboxylic acids is 1. The van der Waals surface area contributed by atoms with E-state index in [1.54, 1.807) is 6.07 Å². The van der Waals surface area contributed by atoms with Gasteiger partial charge in [0.05, 0.1) is 12.2 Å². The van der Waals surface area contributed by atoms with Gasteiger partial charge in [0.15, 0.2) is 6.10 Å². The maximum atomic E-state index is 11.6. The molecule has 0 aliphatic rings. The molecule has 3 N–H and O–H groups in total. The Morgan fingerprint density at radius 1 is 1.42 bits per heavy atom. The molecule has 0 aliphatic carbocycles. The molecule has 1 unspecified atom stereocenters. The summed E-state index contributed by atoms with van der Waals surface area (Å²) in [5.74, 6) is -1.12. The van der Waals surface area contributed by atoms with E-state index in [9.17, 15) is 9.59 Å². The van der Waals surface area contributed by atoms with Crippen LogP contribution in [0.25, 0.3) is 0 Å². The van der Waals surface area contributed by atoms with Crippen molar-refractivity contribution in [3.63, 3.8) is 0 Å². The second kappa shape index (κ2) is 7.65. The topological polar surface area (TPSA) is 87.7 Å². The highest BCUT2D eigenvalue weighted by Crippen LogP contribution is 2.24. The Kier molecular flexibility index (Phi) is 6.17. The van der Waals surface area contributed by atoms with E-state index >= 15 is 0 Å². The molecular weight excluding hydrogens is 268 g/mol.